The summed E-state index contributed by atoms with van der Waals surface area (Å²) in [5, 5.41) is 38.3. The first-order valence-electron chi connectivity index (χ1n) is 17.8. The summed E-state index contributed by atoms with van der Waals surface area (Å²) in [6.45, 7) is 15.0. The summed E-state index contributed by atoms with van der Waals surface area (Å²) in [6.07, 6.45) is 11.1. The van der Waals surface area contributed by atoms with Crippen LogP contribution in [0.2, 0.25) is 0 Å². The number of quaternary nitrogens is 1. The highest BCUT2D eigenvalue weighted by atomic mass is 28.3. The van der Waals surface area contributed by atoms with Crippen LogP contribution in [0.3, 0.4) is 0 Å². The summed E-state index contributed by atoms with van der Waals surface area (Å²) < 4.78 is 14.4. The molecule has 50 heavy (non-hydrogen) atoms. The number of nitrogens with zero attached hydrogens (tertiary/aromatic N) is 1. The Morgan fingerprint density at radius 3 is 0.860 bits per heavy atom. The van der Waals surface area contributed by atoms with E-state index in [0.29, 0.717) is 22.3 Å². The van der Waals surface area contributed by atoms with Crippen LogP contribution in [0.25, 0.3) is 22.3 Å². The molecule has 274 valence electrons. The Morgan fingerprint density at radius 2 is 0.700 bits per heavy atom. The number of aromatic hydroxyl groups is 4. The molecule has 0 atom stereocenters. The van der Waals surface area contributed by atoms with Crippen molar-refractivity contribution in [3.63, 3.8) is 0 Å². The van der Waals surface area contributed by atoms with Gasteiger partial charge in [0.2, 0.25) is 0 Å². The van der Waals surface area contributed by atoms with E-state index in [2.05, 4.69) is 32.1 Å². The Bertz CT molecular complexity index is 1290. The predicted octanol–water partition coefficient (Wildman–Crippen LogP) is 8.94. The molecule has 0 unspecified atom stereocenters. The van der Waals surface area contributed by atoms with Crippen LogP contribution in [0.15, 0.2) is 97.1 Å². The van der Waals surface area contributed by atoms with Gasteiger partial charge in [-0.05, 0) is 49.9 Å². The zero-order valence-electron chi connectivity index (χ0n) is 30.7. The second-order valence-corrected chi connectivity index (χ2v) is 13.1. The average Bonchev–Trinajstić information content (AvgIpc) is 3.13. The molecule has 0 amide bonds. The molecular formula is C41H59NO7Si. The van der Waals surface area contributed by atoms with Crippen molar-refractivity contribution in [1.29, 1.82) is 0 Å². The van der Waals surface area contributed by atoms with E-state index >= 15 is 0 Å². The molecule has 0 saturated heterocycles. The highest BCUT2D eigenvalue weighted by Crippen LogP contribution is 2.35. The number of phenols is 4. The molecule has 0 aromatic heterocycles. The second-order valence-electron chi connectivity index (χ2n) is 12.2. The lowest BCUT2D eigenvalue weighted by Gasteiger charge is -2.39. The van der Waals surface area contributed by atoms with Gasteiger partial charge in [-0.3, -0.25) is 0 Å². The molecule has 0 fully saturated rings. The number of hydrogen-bond donors (Lipinski definition) is 4. The predicted molar refractivity (Wildman–Crippen MR) is 203 cm³/mol. The molecule has 0 aliphatic heterocycles. The summed E-state index contributed by atoms with van der Waals surface area (Å²) in [5.74, 6) is 0.700. The van der Waals surface area contributed by atoms with Gasteiger partial charge in [-0.1, -0.05) is 126 Å². The number of rotatable bonds is 15. The van der Waals surface area contributed by atoms with Gasteiger partial charge in [0.05, 0.1) is 26.2 Å². The molecule has 4 aromatic rings. The topological polar surface area (TPSA) is 130 Å². The van der Waals surface area contributed by atoms with E-state index in [-0.39, 0.29) is 23.0 Å². The number of benzene rings is 4. The van der Waals surface area contributed by atoms with Crippen molar-refractivity contribution < 1.29 is 38.6 Å². The van der Waals surface area contributed by atoms with Crippen molar-refractivity contribution in [2.75, 3.05) is 33.3 Å². The molecule has 8 nitrogen and oxygen atoms in total. The normalized spacial score (nSPS) is 10.3. The van der Waals surface area contributed by atoms with Crippen LogP contribution < -0.4 is 4.80 Å². The smallest absolute Gasteiger partial charge is 0.413 e. The first kappa shape index (κ1) is 43.7. The highest BCUT2D eigenvalue weighted by Gasteiger charge is 2.24. The summed E-state index contributed by atoms with van der Waals surface area (Å²) >= 11 is 0. The number of hydrogen-bond acceptors (Lipinski definition) is 7. The van der Waals surface area contributed by atoms with Gasteiger partial charge in [0.15, 0.2) is 0 Å². The minimum atomic E-state index is -2.87. The fourth-order valence-electron chi connectivity index (χ4n) is 5.45. The van der Waals surface area contributed by atoms with Gasteiger partial charge >= 0.3 is 9.17 Å². The van der Waals surface area contributed by atoms with Crippen molar-refractivity contribution in [2.45, 2.75) is 79.1 Å². The summed E-state index contributed by atoms with van der Waals surface area (Å²) in [5.41, 5.74) is 2.58. The SMILES string of the molecule is CCCC[N+](CCCC)(CCCC)CCCC.CO[Si](=O)[O-].Oc1ccccc1-c1ccccc1O.Oc1ccccc1-c1ccccc1O. The number of para-hydroxylation sites is 4. The van der Waals surface area contributed by atoms with Crippen molar-refractivity contribution in [3.05, 3.63) is 97.1 Å². The zero-order chi connectivity index (χ0) is 37.2. The van der Waals surface area contributed by atoms with Crippen LogP contribution in [-0.2, 0) is 8.89 Å². The molecule has 0 heterocycles. The van der Waals surface area contributed by atoms with Crippen LogP contribution in [0.1, 0.15) is 79.1 Å². The molecule has 9 heteroatoms. The molecule has 0 bridgehead atoms. The fourth-order valence-corrected chi connectivity index (χ4v) is 5.45. The van der Waals surface area contributed by atoms with E-state index < -0.39 is 9.17 Å². The number of unbranched alkanes of at least 4 members (excludes halogenated alkanes) is 4. The Balaban J connectivity index is 0.000000352. The third kappa shape index (κ3) is 16.4. The Morgan fingerprint density at radius 1 is 0.500 bits per heavy atom. The van der Waals surface area contributed by atoms with E-state index in [1.807, 2.05) is 24.3 Å². The molecule has 0 saturated carbocycles. The van der Waals surface area contributed by atoms with Crippen molar-refractivity contribution in [1.82, 2.24) is 0 Å². The lowest BCUT2D eigenvalue weighted by atomic mass is 10.0. The Hall–Kier alpha value is -4.34. The maximum Gasteiger partial charge on any atom is 0.413 e. The van der Waals surface area contributed by atoms with Gasteiger partial charge < -0.3 is 38.6 Å². The monoisotopic (exact) mass is 705 g/mol. The maximum atomic E-state index is 9.58. The molecule has 4 rings (SSSR count). The minimum Gasteiger partial charge on any atom is -0.591 e. The van der Waals surface area contributed by atoms with Crippen LogP contribution in [-0.4, -0.2) is 67.4 Å². The van der Waals surface area contributed by atoms with Gasteiger partial charge in [0.1, 0.15) is 23.0 Å². The third-order valence-electron chi connectivity index (χ3n) is 8.31. The third-order valence-corrected chi connectivity index (χ3v) is 8.64. The van der Waals surface area contributed by atoms with Crippen LogP contribution in [0, 0.1) is 0 Å². The lowest BCUT2D eigenvalue weighted by Crippen LogP contribution is -2.50. The molecule has 0 aliphatic rings. The van der Waals surface area contributed by atoms with E-state index in [1.165, 1.54) is 82.0 Å². The number of phenolic OH excluding ortho intramolecular Hbond substituents is 4. The van der Waals surface area contributed by atoms with Crippen LogP contribution >= 0.6 is 0 Å². The zero-order valence-corrected chi connectivity index (χ0v) is 31.7. The van der Waals surface area contributed by atoms with E-state index in [0.717, 1.165) is 7.11 Å². The largest absolute Gasteiger partial charge is 0.591 e. The summed E-state index contributed by atoms with van der Waals surface area (Å²) in [6, 6.07) is 27.7. The van der Waals surface area contributed by atoms with Crippen molar-refractivity contribution >= 4 is 9.17 Å². The summed E-state index contributed by atoms with van der Waals surface area (Å²) in [7, 11) is -1.75. The van der Waals surface area contributed by atoms with Crippen molar-refractivity contribution in [3.8, 4) is 45.3 Å². The van der Waals surface area contributed by atoms with E-state index in [1.54, 1.807) is 72.8 Å². The second kappa shape index (κ2) is 25.6. The molecule has 4 aromatic carbocycles. The fraction of sp³-hybridized carbons (Fsp3) is 0.415. The summed E-state index contributed by atoms with van der Waals surface area (Å²) in [4.78, 5) is 9.22. The molecular weight excluding hydrogens is 647 g/mol. The highest BCUT2D eigenvalue weighted by molar-refractivity contribution is 6.21. The molecule has 4 N–H and O–H groups in total. The lowest BCUT2D eigenvalue weighted by molar-refractivity contribution is -0.929. The van der Waals surface area contributed by atoms with Crippen LogP contribution in [0.4, 0.5) is 0 Å². The first-order chi connectivity index (χ1) is 24.1. The minimum absolute atomic E-state index is 0.175. The first-order valence-corrected chi connectivity index (χ1v) is 19.0. The van der Waals surface area contributed by atoms with Crippen LogP contribution in [0.5, 0.6) is 23.0 Å². The molecule has 0 spiro atoms. The quantitative estimate of drug-likeness (QED) is 0.0718. The standard InChI is InChI=1S/C16H36N.2C12H10O2.CH3O3Si/c1-5-9-13-17(14-10-6-2,15-11-7-3)16-12-8-4;2*13-11-7-3-1-5-9(11)10-6-2-4-8-12(10)14;1-4-5(2)3/h5-16H2,1-4H3;2*1-8,13-14H;1H3/q+1;;;-1. The van der Waals surface area contributed by atoms with Gasteiger partial charge in [-0.15, -0.1) is 0 Å². The Labute approximate surface area is 301 Å². The average molecular weight is 706 g/mol. The van der Waals surface area contributed by atoms with E-state index in [4.69, 9.17) is 0 Å². The van der Waals surface area contributed by atoms with Gasteiger partial charge in [-0.2, -0.15) is 0 Å². The van der Waals surface area contributed by atoms with Gasteiger partial charge in [0.25, 0.3) is 0 Å². The van der Waals surface area contributed by atoms with Gasteiger partial charge in [0, 0.05) is 29.4 Å². The van der Waals surface area contributed by atoms with Gasteiger partial charge in [-0.25, -0.2) is 0 Å². The maximum absolute atomic E-state index is 9.58. The Kier molecular flexibility index (Phi) is 22.4. The van der Waals surface area contributed by atoms with Crippen molar-refractivity contribution in [2.24, 2.45) is 0 Å². The van der Waals surface area contributed by atoms with E-state index in [9.17, 15) is 29.7 Å². The molecule has 0 radical (unpaired) electrons. The molecule has 0 aliphatic carbocycles.